The molecule has 9 nitrogen and oxygen atoms in total. The van der Waals surface area contributed by atoms with Crippen molar-refractivity contribution < 1.29 is 24.6 Å². The van der Waals surface area contributed by atoms with Crippen LogP contribution in [0.5, 0.6) is 0 Å². The largest absolute Gasteiger partial charge is 0.394 e. The lowest BCUT2D eigenvalue weighted by Crippen LogP contribution is -2.44. The number of halogens is 1. The number of likely N-dealkylation sites (tertiary alicyclic amines) is 1. The van der Waals surface area contributed by atoms with Gasteiger partial charge in [0.2, 0.25) is 11.8 Å². The molecule has 1 fully saturated rings. The predicted octanol–water partition coefficient (Wildman–Crippen LogP) is 5.30. The molecule has 3 atom stereocenters. The summed E-state index contributed by atoms with van der Waals surface area (Å²) >= 11 is 6.34. The Bertz CT molecular complexity index is 1820. The number of carbonyl (C=O) groups is 3. The zero-order valence-electron chi connectivity index (χ0n) is 25.6. The molecule has 46 heavy (non-hydrogen) atoms. The van der Waals surface area contributed by atoms with Crippen molar-refractivity contribution in [2.24, 2.45) is 5.92 Å². The second-order valence-corrected chi connectivity index (χ2v) is 12.5. The molecule has 3 amide bonds. The lowest BCUT2D eigenvalue weighted by Gasteiger charge is -2.28. The Morgan fingerprint density at radius 1 is 1.15 bits per heavy atom. The van der Waals surface area contributed by atoms with Crippen molar-refractivity contribution in [2.45, 2.75) is 50.8 Å². The third kappa shape index (κ3) is 6.06. The molecule has 0 aliphatic carbocycles. The molecule has 0 radical (unpaired) electrons. The average Bonchev–Trinajstić information content (AvgIpc) is 3.75. The minimum Gasteiger partial charge on any atom is -0.394 e. The SMILES string of the molecule is C[C@@H](/C=C/CC(=O)N1CCC[C@H]1CO)[C@]1(O)C(=O)N(Cc2cccc(NC(=O)Cc3c[nH]c4ccccc34)c2)c2ccc(Cl)cc21. The first kappa shape index (κ1) is 31.5. The van der Waals surface area contributed by atoms with Crippen molar-refractivity contribution in [3.63, 3.8) is 0 Å². The summed E-state index contributed by atoms with van der Waals surface area (Å²) < 4.78 is 0. The maximum Gasteiger partial charge on any atom is 0.264 e. The van der Waals surface area contributed by atoms with Crippen LogP contribution in [0.2, 0.25) is 5.02 Å². The summed E-state index contributed by atoms with van der Waals surface area (Å²) in [6, 6.07) is 20.0. The van der Waals surface area contributed by atoms with Gasteiger partial charge in [-0.2, -0.15) is 0 Å². The van der Waals surface area contributed by atoms with E-state index < -0.39 is 17.4 Å². The minimum atomic E-state index is -1.90. The summed E-state index contributed by atoms with van der Waals surface area (Å²) in [6.45, 7) is 2.46. The van der Waals surface area contributed by atoms with Crippen LogP contribution in [0, 0.1) is 5.92 Å². The Morgan fingerprint density at radius 2 is 1.98 bits per heavy atom. The van der Waals surface area contributed by atoms with Gasteiger partial charge in [-0.15, -0.1) is 0 Å². The standard InChI is InChI=1S/C36H37ClN4O5/c1-23(7-4-13-34(44)40-16-6-10-28(40)22-42)36(46)30-19-26(37)14-15-32(30)41(35(36)45)21-24-8-5-9-27(17-24)39-33(43)18-25-20-38-31-12-3-2-11-29(25)31/h2-5,7-9,11-12,14-15,17,19-20,23,28,38,42,46H,6,10,13,16,18,21-22H2,1H3,(H,39,43)/b7-4+/t23-,28-,36+/m0/s1. The van der Waals surface area contributed by atoms with Crippen LogP contribution in [0.15, 0.2) is 85.1 Å². The highest BCUT2D eigenvalue weighted by atomic mass is 35.5. The van der Waals surface area contributed by atoms with Crippen LogP contribution in [-0.4, -0.2) is 57.0 Å². The number of amides is 3. The number of nitrogens with zero attached hydrogens (tertiary/aromatic N) is 2. The number of aromatic amines is 1. The zero-order valence-corrected chi connectivity index (χ0v) is 26.3. The van der Waals surface area contributed by atoms with Crippen LogP contribution in [0.25, 0.3) is 10.9 Å². The fourth-order valence-electron chi connectivity index (χ4n) is 6.65. The number of para-hydroxylation sites is 1. The van der Waals surface area contributed by atoms with Gasteiger partial charge in [0, 0.05) is 52.3 Å². The molecule has 2 aliphatic heterocycles. The van der Waals surface area contributed by atoms with E-state index in [1.807, 2.05) is 48.7 Å². The Morgan fingerprint density at radius 3 is 2.80 bits per heavy atom. The van der Waals surface area contributed by atoms with Gasteiger partial charge >= 0.3 is 0 Å². The van der Waals surface area contributed by atoms with E-state index in [2.05, 4.69) is 10.3 Å². The third-order valence-corrected chi connectivity index (χ3v) is 9.33. The molecule has 1 saturated heterocycles. The molecular formula is C36H37ClN4O5. The summed E-state index contributed by atoms with van der Waals surface area (Å²) in [5, 5.41) is 25.9. The second-order valence-electron chi connectivity index (χ2n) is 12.1. The number of rotatable bonds is 10. The van der Waals surface area contributed by atoms with Gasteiger partial charge in [-0.3, -0.25) is 14.4 Å². The van der Waals surface area contributed by atoms with E-state index in [-0.39, 0.29) is 43.8 Å². The van der Waals surface area contributed by atoms with Gasteiger partial charge < -0.3 is 30.3 Å². The molecule has 238 valence electrons. The lowest BCUT2D eigenvalue weighted by molar-refractivity contribution is -0.139. The molecule has 6 rings (SSSR count). The first-order chi connectivity index (χ1) is 22.2. The Labute approximate surface area is 272 Å². The summed E-state index contributed by atoms with van der Waals surface area (Å²) in [4.78, 5) is 46.1. The predicted molar refractivity (Wildman–Crippen MR) is 178 cm³/mol. The third-order valence-electron chi connectivity index (χ3n) is 9.09. The van der Waals surface area contributed by atoms with Gasteiger partial charge in [0.1, 0.15) is 0 Å². The van der Waals surface area contributed by atoms with Crippen molar-refractivity contribution in [3.8, 4) is 0 Å². The first-order valence-corrected chi connectivity index (χ1v) is 15.9. The quantitative estimate of drug-likeness (QED) is 0.175. The minimum absolute atomic E-state index is 0.0617. The molecule has 3 heterocycles. The normalized spacial score (nSPS) is 20.1. The van der Waals surface area contributed by atoms with E-state index in [4.69, 9.17) is 11.6 Å². The number of H-pyrrole nitrogens is 1. The fourth-order valence-corrected chi connectivity index (χ4v) is 6.82. The van der Waals surface area contributed by atoms with Gasteiger partial charge in [-0.25, -0.2) is 0 Å². The van der Waals surface area contributed by atoms with Crippen LogP contribution in [-0.2, 0) is 33.0 Å². The van der Waals surface area contributed by atoms with Crippen molar-refractivity contribution >= 4 is 51.6 Å². The topological polar surface area (TPSA) is 126 Å². The number of benzene rings is 3. The molecule has 0 spiro atoms. The number of carbonyl (C=O) groups excluding carboxylic acids is 3. The molecule has 4 aromatic rings. The molecule has 0 unspecified atom stereocenters. The highest BCUT2D eigenvalue weighted by Gasteiger charge is 2.52. The summed E-state index contributed by atoms with van der Waals surface area (Å²) in [5.74, 6) is -1.42. The maximum atomic E-state index is 14.0. The van der Waals surface area contributed by atoms with E-state index in [9.17, 15) is 24.6 Å². The summed E-state index contributed by atoms with van der Waals surface area (Å²) in [6.07, 6.45) is 7.17. The lowest BCUT2D eigenvalue weighted by atomic mass is 9.83. The van der Waals surface area contributed by atoms with E-state index in [0.29, 0.717) is 28.5 Å². The maximum absolute atomic E-state index is 14.0. The number of aliphatic hydroxyl groups excluding tert-OH is 1. The van der Waals surface area contributed by atoms with Gasteiger partial charge in [-0.1, -0.05) is 61.0 Å². The summed E-state index contributed by atoms with van der Waals surface area (Å²) in [7, 11) is 0. The molecule has 0 saturated carbocycles. The van der Waals surface area contributed by atoms with E-state index >= 15 is 0 Å². The van der Waals surface area contributed by atoms with Gasteiger partial charge in [0.15, 0.2) is 5.60 Å². The number of nitrogens with one attached hydrogen (secondary N) is 2. The van der Waals surface area contributed by atoms with E-state index in [1.54, 1.807) is 48.2 Å². The Hall–Kier alpha value is -4.44. The van der Waals surface area contributed by atoms with Crippen molar-refractivity contribution in [2.75, 3.05) is 23.4 Å². The highest BCUT2D eigenvalue weighted by molar-refractivity contribution is 6.31. The Balaban J connectivity index is 1.16. The fraction of sp³-hybridized carbons (Fsp3) is 0.306. The van der Waals surface area contributed by atoms with Crippen LogP contribution in [0.1, 0.15) is 42.9 Å². The molecule has 1 aromatic heterocycles. The Kier molecular flexibility index (Phi) is 8.99. The van der Waals surface area contributed by atoms with E-state index in [1.165, 1.54) is 4.90 Å². The number of aliphatic hydroxyl groups is 2. The zero-order chi connectivity index (χ0) is 32.4. The van der Waals surface area contributed by atoms with Crippen molar-refractivity contribution in [3.05, 3.63) is 107 Å². The number of hydrogen-bond acceptors (Lipinski definition) is 5. The second kappa shape index (κ2) is 13.1. The smallest absolute Gasteiger partial charge is 0.264 e. The first-order valence-electron chi connectivity index (χ1n) is 15.5. The van der Waals surface area contributed by atoms with Crippen molar-refractivity contribution in [1.29, 1.82) is 0 Å². The number of hydrogen-bond donors (Lipinski definition) is 4. The molecule has 4 N–H and O–H groups in total. The molecule has 3 aromatic carbocycles. The van der Waals surface area contributed by atoms with Gasteiger partial charge in [0.05, 0.1) is 31.3 Å². The van der Waals surface area contributed by atoms with Crippen LogP contribution in [0.3, 0.4) is 0 Å². The van der Waals surface area contributed by atoms with Crippen LogP contribution in [0.4, 0.5) is 11.4 Å². The highest BCUT2D eigenvalue weighted by Crippen LogP contribution is 2.46. The molecular weight excluding hydrogens is 604 g/mol. The molecule has 0 bridgehead atoms. The van der Waals surface area contributed by atoms with Crippen molar-refractivity contribution in [1.82, 2.24) is 9.88 Å². The molecule has 10 heteroatoms. The van der Waals surface area contributed by atoms with E-state index in [0.717, 1.165) is 34.9 Å². The number of fused-ring (bicyclic) bond motifs is 2. The van der Waals surface area contributed by atoms with Gasteiger partial charge in [-0.05, 0) is 60.4 Å². The van der Waals surface area contributed by atoms with Gasteiger partial charge in [0.25, 0.3) is 5.91 Å². The summed E-state index contributed by atoms with van der Waals surface area (Å²) in [5.41, 5.74) is 2.29. The van der Waals surface area contributed by atoms with Crippen LogP contribution >= 0.6 is 11.6 Å². The number of anilines is 2. The average molecular weight is 641 g/mol. The molecule has 2 aliphatic rings. The monoisotopic (exact) mass is 640 g/mol. The number of aromatic nitrogens is 1. The van der Waals surface area contributed by atoms with Crippen LogP contribution < -0.4 is 10.2 Å².